The van der Waals surface area contributed by atoms with Gasteiger partial charge in [-0.15, -0.1) is 0 Å². The van der Waals surface area contributed by atoms with Crippen LogP contribution in [-0.4, -0.2) is 57.1 Å². The maximum absolute atomic E-state index is 13.4. The van der Waals surface area contributed by atoms with Crippen molar-refractivity contribution >= 4 is 50.7 Å². The Hall–Kier alpha value is -2.49. The summed E-state index contributed by atoms with van der Waals surface area (Å²) in [6, 6.07) is 11.1. The predicted octanol–water partition coefficient (Wildman–Crippen LogP) is 4.88. The number of methoxy groups -OCH3 is 1. The number of carbonyl (C=O) groups is 2. The number of ether oxygens (including phenoxy) is 1. The van der Waals surface area contributed by atoms with Gasteiger partial charge >= 0.3 is 0 Å². The quantitative estimate of drug-likeness (QED) is 0.369. The van der Waals surface area contributed by atoms with E-state index in [9.17, 15) is 18.0 Å². The molecule has 11 heteroatoms. The lowest BCUT2D eigenvalue weighted by Gasteiger charge is -2.30. The fourth-order valence-corrected chi connectivity index (χ4v) is 5.08. The van der Waals surface area contributed by atoms with Gasteiger partial charge in [-0.25, -0.2) is 8.42 Å². The van der Waals surface area contributed by atoms with Crippen molar-refractivity contribution in [2.75, 3.05) is 24.2 Å². The van der Waals surface area contributed by atoms with Crippen molar-refractivity contribution in [3.8, 4) is 5.75 Å². The van der Waals surface area contributed by atoms with Gasteiger partial charge in [-0.1, -0.05) is 42.3 Å². The van der Waals surface area contributed by atoms with Gasteiger partial charge in [-0.05, 0) is 62.6 Å². The Bertz CT molecular complexity index is 1190. The zero-order valence-corrected chi connectivity index (χ0v) is 24.2. The molecule has 2 rings (SSSR count). The molecular weight excluding hydrogens is 537 g/mol. The molecule has 0 bridgehead atoms. The maximum Gasteiger partial charge on any atom is 0.242 e. The molecule has 37 heavy (non-hydrogen) atoms. The van der Waals surface area contributed by atoms with E-state index >= 15 is 0 Å². The van der Waals surface area contributed by atoms with Gasteiger partial charge in [-0.3, -0.25) is 13.9 Å². The third-order valence-corrected chi connectivity index (χ3v) is 7.72. The second kappa shape index (κ2) is 13.9. The maximum atomic E-state index is 13.4. The van der Waals surface area contributed by atoms with Crippen LogP contribution < -0.4 is 14.4 Å². The number of amides is 2. The van der Waals surface area contributed by atoms with Gasteiger partial charge in [0.2, 0.25) is 21.8 Å². The van der Waals surface area contributed by atoms with Crippen molar-refractivity contribution in [2.24, 2.45) is 0 Å². The molecule has 2 aromatic rings. The summed E-state index contributed by atoms with van der Waals surface area (Å²) in [5.41, 5.74) is 1.05. The molecule has 2 aromatic carbocycles. The van der Waals surface area contributed by atoms with E-state index in [4.69, 9.17) is 27.9 Å². The highest BCUT2D eigenvalue weighted by molar-refractivity contribution is 7.92. The Labute approximate surface area is 229 Å². The minimum Gasteiger partial charge on any atom is -0.497 e. The molecule has 0 aliphatic carbocycles. The number of sulfonamides is 1. The minimum absolute atomic E-state index is 0.0189. The lowest BCUT2D eigenvalue weighted by atomic mass is 10.1. The Morgan fingerprint density at radius 2 is 1.81 bits per heavy atom. The van der Waals surface area contributed by atoms with E-state index in [1.807, 2.05) is 32.0 Å². The molecule has 0 saturated heterocycles. The van der Waals surface area contributed by atoms with Crippen LogP contribution in [0.2, 0.25) is 10.0 Å². The smallest absolute Gasteiger partial charge is 0.242 e. The molecule has 0 saturated carbocycles. The number of halogens is 2. The Morgan fingerprint density at radius 3 is 2.43 bits per heavy atom. The molecule has 0 aromatic heterocycles. The molecule has 204 valence electrons. The van der Waals surface area contributed by atoms with Crippen LogP contribution in [0, 0.1) is 0 Å². The van der Waals surface area contributed by atoms with Gasteiger partial charge < -0.3 is 15.0 Å². The highest BCUT2D eigenvalue weighted by Gasteiger charge is 2.27. The van der Waals surface area contributed by atoms with E-state index < -0.39 is 16.1 Å². The van der Waals surface area contributed by atoms with E-state index in [-0.39, 0.29) is 54.5 Å². The highest BCUT2D eigenvalue weighted by Crippen LogP contribution is 2.31. The van der Waals surface area contributed by atoms with Gasteiger partial charge in [0.25, 0.3) is 0 Å². The van der Waals surface area contributed by atoms with Crippen molar-refractivity contribution in [3.05, 3.63) is 58.1 Å². The molecular formula is C26H35Cl2N3O5S. The number of carbonyl (C=O) groups excluding carboxylic acids is 2. The number of rotatable bonds is 13. The SMILES string of the molecule is CC[C@H](C)NC(=O)[C@@H](C)N(Cc1cccc(OC)c1)C(=O)CCCN(c1cc(Cl)ccc1Cl)S(C)(=O)=O. The molecule has 0 fully saturated rings. The first kappa shape index (κ1) is 30.7. The number of hydrogen-bond donors (Lipinski definition) is 1. The molecule has 0 heterocycles. The molecule has 0 spiro atoms. The van der Waals surface area contributed by atoms with Crippen molar-refractivity contribution in [3.63, 3.8) is 0 Å². The number of anilines is 1. The molecule has 0 unspecified atom stereocenters. The first-order chi connectivity index (χ1) is 17.4. The number of benzene rings is 2. The Kier molecular flexibility index (Phi) is 11.5. The topological polar surface area (TPSA) is 96.0 Å². The van der Waals surface area contributed by atoms with E-state index in [1.165, 1.54) is 17.0 Å². The van der Waals surface area contributed by atoms with Crippen molar-refractivity contribution < 1.29 is 22.7 Å². The molecule has 0 aliphatic heterocycles. The standard InChI is InChI=1S/C26H35Cl2N3O5S/c1-6-18(2)29-26(33)19(3)30(17-20-9-7-10-22(15-20)36-4)25(32)11-8-14-31(37(5,34)35)24-16-21(27)12-13-23(24)28/h7,9-10,12-13,15-16,18-19H,6,8,11,14,17H2,1-5H3,(H,29,33)/t18-,19+/m0/s1. The normalized spacial score (nSPS) is 12.9. The largest absolute Gasteiger partial charge is 0.497 e. The average Bonchev–Trinajstić information content (AvgIpc) is 2.85. The molecule has 8 nitrogen and oxygen atoms in total. The molecule has 2 amide bonds. The van der Waals surface area contributed by atoms with E-state index in [1.54, 1.807) is 26.2 Å². The number of nitrogens with zero attached hydrogens (tertiary/aromatic N) is 2. The summed E-state index contributed by atoms with van der Waals surface area (Å²) in [6.07, 6.45) is 2.07. The Morgan fingerprint density at radius 1 is 1.11 bits per heavy atom. The van der Waals surface area contributed by atoms with Crippen LogP contribution in [0.1, 0.15) is 45.6 Å². The van der Waals surface area contributed by atoms with E-state index in [0.717, 1.165) is 22.5 Å². The summed E-state index contributed by atoms with van der Waals surface area (Å²) >= 11 is 12.3. The first-order valence-electron chi connectivity index (χ1n) is 12.0. The van der Waals surface area contributed by atoms with Gasteiger partial charge in [0.15, 0.2) is 0 Å². The van der Waals surface area contributed by atoms with Crippen molar-refractivity contribution in [1.82, 2.24) is 10.2 Å². The summed E-state index contributed by atoms with van der Waals surface area (Å²) in [6.45, 7) is 5.77. The average molecular weight is 573 g/mol. The molecule has 0 radical (unpaired) electrons. The summed E-state index contributed by atoms with van der Waals surface area (Å²) in [5.74, 6) is 0.109. The number of hydrogen-bond acceptors (Lipinski definition) is 5. The third-order valence-electron chi connectivity index (χ3n) is 5.98. The molecule has 2 atom stereocenters. The van der Waals surface area contributed by atoms with Crippen molar-refractivity contribution in [1.29, 1.82) is 0 Å². The van der Waals surface area contributed by atoms with Crippen LogP contribution >= 0.6 is 23.2 Å². The van der Waals surface area contributed by atoms with Gasteiger partial charge in [0.1, 0.15) is 11.8 Å². The predicted molar refractivity (Wildman–Crippen MR) is 149 cm³/mol. The Balaban J connectivity index is 2.23. The van der Waals surface area contributed by atoms with Crippen LogP contribution in [-0.2, 0) is 26.2 Å². The van der Waals surface area contributed by atoms with E-state index in [2.05, 4.69) is 5.32 Å². The summed E-state index contributed by atoms with van der Waals surface area (Å²) in [7, 11) is -2.13. The van der Waals surface area contributed by atoms with Gasteiger partial charge in [0, 0.05) is 30.6 Å². The monoisotopic (exact) mass is 571 g/mol. The van der Waals surface area contributed by atoms with Crippen LogP contribution in [0.25, 0.3) is 0 Å². The minimum atomic E-state index is -3.69. The fraction of sp³-hybridized carbons (Fsp3) is 0.462. The van der Waals surface area contributed by atoms with Gasteiger partial charge in [-0.2, -0.15) is 0 Å². The second-order valence-electron chi connectivity index (χ2n) is 8.90. The summed E-state index contributed by atoms with van der Waals surface area (Å²) in [5, 5.41) is 3.50. The van der Waals surface area contributed by atoms with Crippen LogP contribution in [0.15, 0.2) is 42.5 Å². The van der Waals surface area contributed by atoms with Crippen LogP contribution in [0.5, 0.6) is 5.75 Å². The van der Waals surface area contributed by atoms with Crippen molar-refractivity contribution in [2.45, 2.75) is 58.7 Å². The third kappa shape index (κ3) is 9.09. The second-order valence-corrected chi connectivity index (χ2v) is 11.7. The van der Waals surface area contributed by atoms with Crippen LogP contribution in [0.3, 0.4) is 0 Å². The lowest BCUT2D eigenvalue weighted by Crippen LogP contribution is -2.49. The summed E-state index contributed by atoms with van der Waals surface area (Å²) < 4.78 is 31.4. The zero-order chi connectivity index (χ0) is 27.8. The fourth-order valence-electron chi connectivity index (χ4n) is 3.68. The number of nitrogens with one attached hydrogen (secondary N) is 1. The zero-order valence-electron chi connectivity index (χ0n) is 21.8. The van der Waals surface area contributed by atoms with Crippen LogP contribution in [0.4, 0.5) is 5.69 Å². The molecule has 0 aliphatic rings. The molecule has 1 N–H and O–H groups in total. The van der Waals surface area contributed by atoms with E-state index in [0.29, 0.717) is 10.8 Å². The van der Waals surface area contributed by atoms with Gasteiger partial charge in [0.05, 0.1) is 24.1 Å². The lowest BCUT2D eigenvalue weighted by molar-refractivity contribution is -0.140. The first-order valence-corrected chi connectivity index (χ1v) is 14.6. The highest BCUT2D eigenvalue weighted by atomic mass is 35.5. The summed E-state index contributed by atoms with van der Waals surface area (Å²) in [4.78, 5) is 27.8.